The first-order valence-electron chi connectivity index (χ1n) is 8.96. The average Bonchev–Trinajstić information content (AvgIpc) is 2.92. The molecule has 4 rings (SSSR count). The van der Waals surface area contributed by atoms with Crippen molar-refractivity contribution in [2.45, 2.75) is 50.9 Å². The van der Waals surface area contributed by atoms with E-state index >= 15 is 0 Å². The number of carboxylic acid groups (broad SMARTS) is 1. The highest BCUT2D eigenvalue weighted by molar-refractivity contribution is 5.88. The number of benzene rings is 2. The van der Waals surface area contributed by atoms with Crippen molar-refractivity contribution in [2.75, 3.05) is 6.61 Å². The first-order valence-corrected chi connectivity index (χ1v) is 8.96. The molecule has 2 aliphatic rings. The molecular formula is C22H24O3. The molecule has 0 saturated carbocycles. The second kappa shape index (κ2) is 5.35. The molecule has 25 heavy (non-hydrogen) atoms. The molecule has 1 aliphatic carbocycles. The van der Waals surface area contributed by atoms with Crippen molar-refractivity contribution in [3.05, 3.63) is 64.2 Å². The summed E-state index contributed by atoms with van der Waals surface area (Å²) in [6, 6.07) is 12.0. The van der Waals surface area contributed by atoms with Crippen molar-refractivity contribution < 1.29 is 14.6 Å². The molecule has 2 aromatic carbocycles. The third-order valence-corrected chi connectivity index (χ3v) is 6.06. The summed E-state index contributed by atoms with van der Waals surface area (Å²) in [5.74, 6) is -0.102. The number of carbonyl (C=O) groups is 1. The first-order chi connectivity index (χ1) is 11.8. The third kappa shape index (κ3) is 2.45. The molecule has 0 fully saturated rings. The van der Waals surface area contributed by atoms with Gasteiger partial charge in [-0.05, 0) is 66.5 Å². The van der Waals surface area contributed by atoms with Gasteiger partial charge < -0.3 is 9.84 Å². The molecule has 130 valence electrons. The van der Waals surface area contributed by atoms with Crippen molar-refractivity contribution in [1.82, 2.24) is 0 Å². The highest BCUT2D eigenvalue weighted by atomic mass is 16.5. The number of aromatic carboxylic acids is 1. The maximum atomic E-state index is 11.4. The second-order valence-corrected chi connectivity index (χ2v) is 8.25. The maximum absolute atomic E-state index is 11.4. The lowest BCUT2D eigenvalue weighted by Gasteiger charge is -2.34. The Morgan fingerprint density at radius 3 is 2.64 bits per heavy atom. The minimum atomic E-state index is -0.899. The van der Waals surface area contributed by atoms with Crippen LogP contribution in [0.15, 0.2) is 36.4 Å². The van der Waals surface area contributed by atoms with Gasteiger partial charge in [0, 0.05) is 5.56 Å². The Kier molecular flexibility index (Phi) is 3.47. The lowest BCUT2D eigenvalue weighted by molar-refractivity contribution is 0.0696. The fourth-order valence-electron chi connectivity index (χ4n) is 4.42. The number of hydrogen-bond acceptors (Lipinski definition) is 2. The highest BCUT2D eigenvalue weighted by Crippen LogP contribution is 2.45. The van der Waals surface area contributed by atoms with Gasteiger partial charge in [0.25, 0.3) is 0 Å². The van der Waals surface area contributed by atoms with Gasteiger partial charge in [-0.3, -0.25) is 0 Å². The number of fused-ring (bicyclic) bond motifs is 2. The lowest BCUT2D eigenvalue weighted by Crippen LogP contribution is -2.28. The van der Waals surface area contributed by atoms with E-state index < -0.39 is 5.97 Å². The van der Waals surface area contributed by atoms with Gasteiger partial charge >= 0.3 is 5.97 Å². The molecule has 3 nitrogen and oxygen atoms in total. The summed E-state index contributed by atoms with van der Waals surface area (Å²) in [4.78, 5) is 11.4. The van der Waals surface area contributed by atoms with Gasteiger partial charge in [0.05, 0.1) is 11.0 Å². The predicted molar refractivity (Wildman–Crippen MR) is 97.8 cm³/mol. The van der Waals surface area contributed by atoms with Crippen molar-refractivity contribution in [3.8, 4) is 5.75 Å². The van der Waals surface area contributed by atoms with Gasteiger partial charge in [0.2, 0.25) is 0 Å². The Balaban J connectivity index is 1.82. The number of aryl methyl sites for hydroxylation is 1. The third-order valence-electron chi connectivity index (χ3n) is 6.06. The van der Waals surface area contributed by atoms with Crippen LogP contribution >= 0.6 is 0 Å². The molecule has 0 amide bonds. The molecule has 0 spiro atoms. The van der Waals surface area contributed by atoms with Crippen LogP contribution in [-0.2, 0) is 17.3 Å². The van der Waals surface area contributed by atoms with Crippen LogP contribution in [0.2, 0.25) is 0 Å². The zero-order chi connectivity index (χ0) is 17.8. The first kappa shape index (κ1) is 16.2. The summed E-state index contributed by atoms with van der Waals surface area (Å²) in [5, 5.41) is 9.33. The zero-order valence-corrected chi connectivity index (χ0v) is 15.1. The van der Waals surface area contributed by atoms with Crippen LogP contribution in [0.4, 0.5) is 0 Å². The summed E-state index contributed by atoms with van der Waals surface area (Å²) in [5.41, 5.74) is 5.30. The number of hydrogen-bond donors (Lipinski definition) is 1. The summed E-state index contributed by atoms with van der Waals surface area (Å²) in [6.07, 6.45) is 3.56. The minimum absolute atomic E-state index is 0.230. The fraction of sp³-hybridized carbons (Fsp3) is 0.409. The number of rotatable bonds is 2. The Hall–Kier alpha value is -2.29. The topological polar surface area (TPSA) is 46.5 Å². The molecule has 0 radical (unpaired) electrons. The van der Waals surface area contributed by atoms with E-state index in [1.54, 1.807) is 18.2 Å². The summed E-state index contributed by atoms with van der Waals surface area (Å²) in [6.45, 7) is 7.34. The number of ether oxygens (including phenoxy) is 1. The smallest absolute Gasteiger partial charge is 0.335 e. The quantitative estimate of drug-likeness (QED) is 0.865. The van der Waals surface area contributed by atoms with Crippen LogP contribution in [0, 0.1) is 0 Å². The Bertz CT molecular complexity index is 866. The van der Waals surface area contributed by atoms with Crippen LogP contribution < -0.4 is 4.74 Å². The molecule has 1 aliphatic heterocycles. The van der Waals surface area contributed by atoms with Gasteiger partial charge in [0.1, 0.15) is 12.4 Å². The standard InChI is InChI=1S/C22H24O3/c1-21(2)10-4-5-14-11-16(7-8-17(14)21)22(3)13-25-19-9-6-15(20(23)24)12-18(19)22/h6-9,11-12H,4-5,10,13H2,1-3H3,(H,23,24). The zero-order valence-electron chi connectivity index (χ0n) is 15.1. The molecule has 2 aromatic rings. The summed E-state index contributed by atoms with van der Waals surface area (Å²) >= 11 is 0. The van der Waals surface area contributed by atoms with Crippen LogP contribution in [0.1, 0.15) is 66.2 Å². The summed E-state index contributed by atoms with van der Waals surface area (Å²) in [7, 11) is 0. The van der Waals surface area contributed by atoms with Gasteiger partial charge in [-0.15, -0.1) is 0 Å². The monoisotopic (exact) mass is 336 g/mol. The lowest BCUT2D eigenvalue weighted by atomic mass is 9.70. The molecule has 0 aromatic heterocycles. The van der Waals surface area contributed by atoms with E-state index in [2.05, 4.69) is 39.0 Å². The van der Waals surface area contributed by atoms with Gasteiger partial charge in [-0.1, -0.05) is 32.0 Å². The van der Waals surface area contributed by atoms with Gasteiger partial charge in [-0.2, -0.15) is 0 Å². The van der Waals surface area contributed by atoms with Crippen molar-refractivity contribution in [3.63, 3.8) is 0 Å². The van der Waals surface area contributed by atoms with E-state index in [1.807, 2.05) is 0 Å². The van der Waals surface area contributed by atoms with Gasteiger partial charge in [0.15, 0.2) is 0 Å². The Morgan fingerprint density at radius 2 is 1.88 bits per heavy atom. The molecular weight excluding hydrogens is 312 g/mol. The maximum Gasteiger partial charge on any atom is 0.335 e. The van der Waals surface area contributed by atoms with E-state index in [0.29, 0.717) is 12.2 Å². The molecule has 1 atom stereocenters. The largest absolute Gasteiger partial charge is 0.492 e. The van der Waals surface area contributed by atoms with E-state index in [0.717, 1.165) is 17.7 Å². The SMILES string of the molecule is CC1(C)CCCc2cc(C3(C)COc4ccc(C(=O)O)cc43)ccc21. The van der Waals surface area contributed by atoms with Crippen LogP contribution in [0.25, 0.3) is 0 Å². The van der Waals surface area contributed by atoms with E-state index in [1.165, 1.54) is 29.5 Å². The normalized spacial score (nSPS) is 23.5. The highest BCUT2D eigenvalue weighted by Gasteiger charge is 2.39. The van der Waals surface area contributed by atoms with Crippen molar-refractivity contribution in [1.29, 1.82) is 0 Å². The van der Waals surface area contributed by atoms with Crippen LogP contribution in [0.3, 0.4) is 0 Å². The van der Waals surface area contributed by atoms with Crippen molar-refractivity contribution >= 4 is 5.97 Å². The Labute approximate surface area is 148 Å². The van der Waals surface area contributed by atoms with Crippen molar-refractivity contribution in [2.24, 2.45) is 0 Å². The fourth-order valence-corrected chi connectivity index (χ4v) is 4.42. The molecule has 1 N–H and O–H groups in total. The van der Waals surface area contributed by atoms with Gasteiger partial charge in [-0.25, -0.2) is 4.79 Å². The van der Waals surface area contributed by atoms with E-state index in [-0.39, 0.29) is 10.8 Å². The molecule has 3 heteroatoms. The average molecular weight is 336 g/mol. The molecule has 1 unspecified atom stereocenters. The molecule has 0 bridgehead atoms. The Morgan fingerprint density at radius 1 is 1.08 bits per heavy atom. The second-order valence-electron chi connectivity index (χ2n) is 8.25. The molecule has 1 heterocycles. The number of carboxylic acids is 1. The minimum Gasteiger partial charge on any atom is -0.492 e. The van der Waals surface area contributed by atoms with E-state index in [4.69, 9.17) is 4.74 Å². The van der Waals surface area contributed by atoms with E-state index in [9.17, 15) is 9.90 Å². The molecule has 0 saturated heterocycles. The van der Waals surface area contributed by atoms with Crippen LogP contribution in [0.5, 0.6) is 5.75 Å². The predicted octanol–water partition coefficient (Wildman–Crippen LogP) is 4.70. The van der Waals surface area contributed by atoms with Crippen LogP contribution in [-0.4, -0.2) is 17.7 Å². The summed E-state index contributed by atoms with van der Waals surface area (Å²) < 4.78 is 5.90.